The summed E-state index contributed by atoms with van der Waals surface area (Å²) in [5, 5.41) is 9.36. The van der Waals surface area contributed by atoms with Crippen molar-refractivity contribution < 1.29 is 14.6 Å². The van der Waals surface area contributed by atoms with Crippen molar-refractivity contribution >= 4 is 5.97 Å². The van der Waals surface area contributed by atoms with Crippen LogP contribution >= 0.6 is 0 Å². The smallest absolute Gasteiger partial charge is 0.309 e. The zero-order valence-corrected chi connectivity index (χ0v) is 10.7. The lowest BCUT2D eigenvalue weighted by atomic mass is 9.77. The van der Waals surface area contributed by atoms with Gasteiger partial charge < -0.3 is 9.84 Å². The van der Waals surface area contributed by atoms with Gasteiger partial charge in [0.25, 0.3) is 0 Å². The van der Waals surface area contributed by atoms with Gasteiger partial charge in [0.1, 0.15) is 5.75 Å². The first kappa shape index (κ1) is 13.6. The van der Waals surface area contributed by atoms with E-state index in [4.69, 9.17) is 4.74 Å². The van der Waals surface area contributed by atoms with Crippen molar-refractivity contribution in [2.75, 3.05) is 7.11 Å². The van der Waals surface area contributed by atoms with Gasteiger partial charge in [-0.3, -0.25) is 4.79 Å². The van der Waals surface area contributed by atoms with Crippen molar-refractivity contribution in [2.24, 2.45) is 5.41 Å². The molecule has 1 N–H and O–H groups in total. The molecule has 0 spiro atoms. The Morgan fingerprint density at radius 1 is 1.24 bits per heavy atom. The number of hydrogen-bond acceptors (Lipinski definition) is 2. The first-order valence-corrected chi connectivity index (χ1v) is 5.94. The zero-order chi connectivity index (χ0) is 12.9. The lowest BCUT2D eigenvalue weighted by Crippen LogP contribution is -2.32. The lowest BCUT2D eigenvalue weighted by Gasteiger charge is -2.26. The van der Waals surface area contributed by atoms with E-state index in [9.17, 15) is 9.90 Å². The van der Waals surface area contributed by atoms with E-state index in [1.807, 2.05) is 38.1 Å². The van der Waals surface area contributed by atoms with Crippen molar-refractivity contribution in [2.45, 2.75) is 33.1 Å². The fourth-order valence-corrected chi connectivity index (χ4v) is 2.01. The molecule has 3 nitrogen and oxygen atoms in total. The predicted octanol–water partition coefficient (Wildman–Crippen LogP) is 3.13. The Hall–Kier alpha value is -1.51. The van der Waals surface area contributed by atoms with Crippen LogP contribution in [0.4, 0.5) is 0 Å². The van der Waals surface area contributed by atoms with E-state index in [-0.39, 0.29) is 0 Å². The fourth-order valence-electron chi connectivity index (χ4n) is 2.01. The summed E-state index contributed by atoms with van der Waals surface area (Å²) >= 11 is 0. The van der Waals surface area contributed by atoms with E-state index < -0.39 is 11.4 Å². The molecule has 1 aromatic rings. The summed E-state index contributed by atoms with van der Waals surface area (Å²) in [5.74, 6) is 0.0842. The standard InChI is InChI=1S/C14H20O3/c1-4-14(5-2,13(15)16)10-11-6-8-12(17-3)9-7-11/h6-9H,4-5,10H2,1-3H3,(H,15,16). The maximum absolute atomic E-state index is 11.4. The highest BCUT2D eigenvalue weighted by Gasteiger charge is 2.34. The van der Waals surface area contributed by atoms with Gasteiger partial charge in [-0.1, -0.05) is 26.0 Å². The van der Waals surface area contributed by atoms with Crippen LogP contribution in [0.15, 0.2) is 24.3 Å². The molecule has 17 heavy (non-hydrogen) atoms. The normalized spacial score (nSPS) is 11.2. The van der Waals surface area contributed by atoms with Crippen LogP contribution in [0.3, 0.4) is 0 Å². The lowest BCUT2D eigenvalue weighted by molar-refractivity contribution is -0.149. The number of aliphatic carboxylic acids is 1. The second kappa shape index (κ2) is 5.71. The van der Waals surface area contributed by atoms with Gasteiger partial charge in [-0.15, -0.1) is 0 Å². The SMILES string of the molecule is CCC(CC)(Cc1ccc(OC)cc1)C(=O)O. The van der Waals surface area contributed by atoms with Gasteiger partial charge in [0.15, 0.2) is 0 Å². The molecule has 0 saturated heterocycles. The van der Waals surface area contributed by atoms with E-state index >= 15 is 0 Å². The maximum Gasteiger partial charge on any atom is 0.309 e. The molecule has 0 heterocycles. The monoisotopic (exact) mass is 236 g/mol. The van der Waals surface area contributed by atoms with Crippen LogP contribution in [0.25, 0.3) is 0 Å². The van der Waals surface area contributed by atoms with E-state index in [1.165, 1.54) is 0 Å². The number of rotatable bonds is 6. The molecule has 0 atom stereocenters. The van der Waals surface area contributed by atoms with Gasteiger partial charge in [0.2, 0.25) is 0 Å². The summed E-state index contributed by atoms with van der Waals surface area (Å²) in [6.07, 6.45) is 1.86. The van der Waals surface area contributed by atoms with Gasteiger partial charge in [-0.25, -0.2) is 0 Å². The van der Waals surface area contributed by atoms with Crippen molar-refractivity contribution in [1.29, 1.82) is 0 Å². The van der Waals surface area contributed by atoms with Crippen LogP contribution < -0.4 is 4.74 Å². The number of hydrogen-bond donors (Lipinski definition) is 1. The van der Waals surface area contributed by atoms with E-state index in [2.05, 4.69) is 0 Å². The van der Waals surface area contributed by atoms with Crippen molar-refractivity contribution in [1.82, 2.24) is 0 Å². The zero-order valence-electron chi connectivity index (χ0n) is 10.7. The molecule has 0 radical (unpaired) electrons. The second-order valence-electron chi connectivity index (χ2n) is 4.32. The Kier molecular flexibility index (Phi) is 4.55. The van der Waals surface area contributed by atoms with Gasteiger partial charge in [0.05, 0.1) is 12.5 Å². The van der Waals surface area contributed by atoms with Crippen molar-refractivity contribution in [3.8, 4) is 5.75 Å². The molecule has 3 heteroatoms. The van der Waals surface area contributed by atoms with Gasteiger partial charge in [-0.2, -0.15) is 0 Å². The molecule has 0 saturated carbocycles. The topological polar surface area (TPSA) is 46.5 Å². The number of carboxylic acids is 1. The molecule has 0 aliphatic carbocycles. The minimum Gasteiger partial charge on any atom is -0.497 e. The number of methoxy groups -OCH3 is 1. The molecule has 94 valence electrons. The quantitative estimate of drug-likeness (QED) is 0.825. The predicted molar refractivity (Wildman–Crippen MR) is 67.3 cm³/mol. The minimum absolute atomic E-state index is 0.569. The second-order valence-corrected chi connectivity index (χ2v) is 4.32. The first-order valence-electron chi connectivity index (χ1n) is 5.94. The number of carbonyl (C=O) groups is 1. The third-order valence-corrected chi connectivity index (χ3v) is 3.51. The third kappa shape index (κ3) is 2.99. The van der Waals surface area contributed by atoms with Crippen LogP contribution in [-0.4, -0.2) is 18.2 Å². The summed E-state index contributed by atoms with van der Waals surface area (Å²) in [6.45, 7) is 3.86. The average Bonchev–Trinajstić information content (AvgIpc) is 2.36. The Balaban J connectivity index is 2.89. The first-order chi connectivity index (χ1) is 8.07. The van der Waals surface area contributed by atoms with Crippen molar-refractivity contribution in [3.05, 3.63) is 29.8 Å². The molecule has 1 rings (SSSR count). The Morgan fingerprint density at radius 2 is 1.76 bits per heavy atom. The summed E-state index contributed by atoms with van der Waals surface area (Å²) in [5.41, 5.74) is 0.395. The molecule has 0 aliphatic heterocycles. The number of ether oxygens (including phenoxy) is 1. The Morgan fingerprint density at radius 3 is 2.12 bits per heavy atom. The Bertz CT molecular complexity index is 364. The van der Waals surface area contributed by atoms with E-state index in [0.29, 0.717) is 19.3 Å². The summed E-state index contributed by atoms with van der Waals surface area (Å²) in [4.78, 5) is 11.4. The summed E-state index contributed by atoms with van der Waals surface area (Å²) in [6, 6.07) is 7.60. The van der Waals surface area contributed by atoms with Crippen LogP contribution in [0.2, 0.25) is 0 Å². The molecule has 0 amide bonds. The summed E-state index contributed by atoms with van der Waals surface area (Å²) < 4.78 is 5.08. The van der Waals surface area contributed by atoms with Crippen LogP contribution in [0.5, 0.6) is 5.75 Å². The molecule has 0 bridgehead atoms. The van der Waals surface area contributed by atoms with Crippen LogP contribution in [-0.2, 0) is 11.2 Å². The van der Waals surface area contributed by atoms with E-state index in [1.54, 1.807) is 7.11 Å². The summed E-state index contributed by atoms with van der Waals surface area (Å²) in [7, 11) is 1.62. The molecular formula is C14H20O3. The van der Waals surface area contributed by atoms with Gasteiger partial charge >= 0.3 is 5.97 Å². The van der Waals surface area contributed by atoms with Gasteiger partial charge in [0, 0.05) is 0 Å². The third-order valence-electron chi connectivity index (χ3n) is 3.51. The molecule has 1 aromatic carbocycles. The highest BCUT2D eigenvalue weighted by atomic mass is 16.5. The fraction of sp³-hybridized carbons (Fsp3) is 0.500. The van der Waals surface area contributed by atoms with Crippen LogP contribution in [0.1, 0.15) is 32.3 Å². The molecule has 0 aromatic heterocycles. The molecular weight excluding hydrogens is 216 g/mol. The number of carboxylic acid groups (broad SMARTS) is 1. The average molecular weight is 236 g/mol. The molecule has 0 unspecified atom stereocenters. The van der Waals surface area contributed by atoms with Crippen molar-refractivity contribution in [3.63, 3.8) is 0 Å². The largest absolute Gasteiger partial charge is 0.497 e. The maximum atomic E-state index is 11.4. The highest BCUT2D eigenvalue weighted by Crippen LogP contribution is 2.31. The molecule has 0 aliphatic rings. The number of benzene rings is 1. The highest BCUT2D eigenvalue weighted by molar-refractivity contribution is 5.75. The van der Waals surface area contributed by atoms with E-state index in [0.717, 1.165) is 11.3 Å². The van der Waals surface area contributed by atoms with Gasteiger partial charge in [-0.05, 0) is 37.0 Å². The molecule has 0 fully saturated rings. The Labute approximate surface area is 102 Å². The minimum atomic E-state index is -0.710. The van der Waals surface area contributed by atoms with Crippen LogP contribution in [0, 0.1) is 5.41 Å².